The van der Waals surface area contributed by atoms with E-state index in [1.807, 2.05) is 36.4 Å². The lowest BCUT2D eigenvalue weighted by Gasteiger charge is -2.14. The molecule has 1 aliphatic heterocycles. The number of rotatable bonds is 3. The van der Waals surface area contributed by atoms with Gasteiger partial charge in [0.05, 0.1) is 22.5 Å². The first-order chi connectivity index (χ1) is 12.4. The van der Waals surface area contributed by atoms with E-state index < -0.39 is 17.6 Å². The van der Waals surface area contributed by atoms with Crippen molar-refractivity contribution < 1.29 is 18.0 Å². The molecule has 0 fully saturated rings. The van der Waals surface area contributed by atoms with Crippen LogP contribution in [0.4, 0.5) is 18.9 Å². The minimum absolute atomic E-state index is 0.0830. The van der Waals surface area contributed by atoms with Crippen LogP contribution >= 0.6 is 0 Å². The molecule has 0 spiro atoms. The summed E-state index contributed by atoms with van der Waals surface area (Å²) in [6.45, 7) is 1.65. The summed E-state index contributed by atoms with van der Waals surface area (Å²) < 4.78 is 38.6. The zero-order valence-corrected chi connectivity index (χ0v) is 13.9. The van der Waals surface area contributed by atoms with Crippen molar-refractivity contribution in [2.45, 2.75) is 13.1 Å². The Kier molecular flexibility index (Phi) is 4.75. The number of carbonyl (C=O) groups excluding carboxylic acids is 1. The fourth-order valence-electron chi connectivity index (χ4n) is 2.52. The van der Waals surface area contributed by atoms with Crippen LogP contribution in [0, 0.1) is 0 Å². The summed E-state index contributed by atoms with van der Waals surface area (Å²) in [5, 5.41) is 5.09. The van der Waals surface area contributed by atoms with Crippen LogP contribution in [0.5, 0.6) is 0 Å². The highest BCUT2D eigenvalue weighted by molar-refractivity contribution is 6.29. The fourth-order valence-corrected chi connectivity index (χ4v) is 2.52. The fraction of sp³-hybridized carbons (Fsp3) is 0.100. The Hall–Kier alpha value is -3.15. The van der Waals surface area contributed by atoms with Gasteiger partial charge < -0.3 is 0 Å². The van der Waals surface area contributed by atoms with Gasteiger partial charge in [-0.25, -0.2) is 0 Å². The van der Waals surface area contributed by atoms with E-state index in [-0.39, 0.29) is 5.69 Å². The third-order valence-corrected chi connectivity index (χ3v) is 3.83. The third kappa shape index (κ3) is 3.74. The predicted molar refractivity (Wildman–Crippen MR) is 95.6 cm³/mol. The standard InChI is InChI=1S/C20H15F3N2O/c1-14-18(12-5-9-15-7-3-2-4-8-15)19(26)25(24-14)17-11-6-10-16(13-17)20(21,22)23/h2-13H,1H3/b9-5-,18-12-. The number of alkyl halides is 3. The lowest BCUT2D eigenvalue weighted by molar-refractivity contribution is -0.137. The number of hydrogen-bond acceptors (Lipinski definition) is 2. The maximum absolute atomic E-state index is 12.9. The lowest BCUT2D eigenvalue weighted by Crippen LogP contribution is -2.21. The molecule has 1 amide bonds. The van der Waals surface area contributed by atoms with Gasteiger partial charge in [-0.3, -0.25) is 4.79 Å². The third-order valence-electron chi connectivity index (χ3n) is 3.83. The molecule has 0 aliphatic carbocycles. The van der Waals surface area contributed by atoms with E-state index in [1.54, 1.807) is 19.1 Å². The molecule has 132 valence electrons. The van der Waals surface area contributed by atoms with Crippen molar-refractivity contribution in [3.8, 4) is 0 Å². The number of halogens is 3. The van der Waals surface area contributed by atoms with Crippen molar-refractivity contribution >= 4 is 23.4 Å². The molecule has 1 heterocycles. The highest BCUT2D eigenvalue weighted by Gasteiger charge is 2.33. The van der Waals surface area contributed by atoms with E-state index in [9.17, 15) is 18.0 Å². The Labute approximate surface area is 148 Å². The molecular formula is C20H15F3N2O. The molecular weight excluding hydrogens is 341 g/mol. The Morgan fingerprint density at radius 1 is 1.04 bits per heavy atom. The Morgan fingerprint density at radius 3 is 2.46 bits per heavy atom. The van der Waals surface area contributed by atoms with Crippen LogP contribution in [0.25, 0.3) is 6.08 Å². The molecule has 1 aliphatic rings. The van der Waals surface area contributed by atoms with Gasteiger partial charge in [0.2, 0.25) is 0 Å². The average Bonchev–Trinajstić information content (AvgIpc) is 2.90. The van der Waals surface area contributed by atoms with Crippen LogP contribution in [0.2, 0.25) is 0 Å². The molecule has 0 N–H and O–H groups in total. The van der Waals surface area contributed by atoms with Crippen molar-refractivity contribution in [1.29, 1.82) is 0 Å². The summed E-state index contributed by atoms with van der Waals surface area (Å²) in [5.41, 5.74) is 1.02. The second-order valence-electron chi connectivity index (χ2n) is 5.70. The number of hydrazone groups is 1. The van der Waals surface area contributed by atoms with Crippen LogP contribution < -0.4 is 5.01 Å². The molecule has 26 heavy (non-hydrogen) atoms. The van der Waals surface area contributed by atoms with E-state index in [0.29, 0.717) is 11.3 Å². The van der Waals surface area contributed by atoms with Gasteiger partial charge in [0.1, 0.15) is 0 Å². The molecule has 3 nitrogen and oxygen atoms in total. The van der Waals surface area contributed by atoms with Gasteiger partial charge >= 0.3 is 6.18 Å². The van der Waals surface area contributed by atoms with E-state index >= 15 is 0 Å². The first-order valence-corrected chi connectivity index (χ1v) is 7.87. The smallest absolute Gasteiger partial charge is 0.267 e. The van der Waals surface area contributed by atoms with Crippen LogP contribution in [-0.4, -0.2) is 11.6 Å². The molecule has 0 bridgehead atoms. The van der Waals surface area contributed by atoms with Crippen molar-refractivity contribution in [2.75, 3.05) is 5.01 Å². The van der Waals surface area contributed by atoms with Gasteiger partial charge in [0.25, 0.3) is 5.91 Å². The van der Waals surface area contributed by atoms with Gasteiger partial charge in [0.15, 0.2) is 0 Å². The van der Waals surface area contributed by atoms with Crippen LogP contribution in [0.15, 0.2) is 77.4 Å². The molecule has 2 aromatic rings. The van der Waals surface area contributed by atoms with Gasteiger partial charge in [0, 0.05) is 0 Å². The van der Waals surface area contributed by atoms with Gasteiger partial charge in [-0.05, 0) is 36.8 Å². The van der Waals surface area contributed by atoms with Gasteiger partial charge in [-0.1, -0.05) is 48.6 Å². The number of anilines is 1. The summed E-state index contributed by atoms with van der Waals surface area (Å²) in [4.78, 5) is 12.5. The Balaban J connectivity index is 1.84. The highest BCUT2D eigenvalue weighted by atomic mass is 19.4. The van der Waals surface area contributed by atoms with Crippen molar-refractivity contribution in [1.82, 2.24) is 0 Å². The highest BCUT2D eigenvalue weighted by Crippen LogP contribution is 2.33. The number of benzene rings is 2. The Bertz CT molecular complexity index is 912. The first kappa shape index (κ1) is 17.7. The monoisotopic (exact) mass is 356 g/mol. The number of amides is 1. The molecule has 0 saturated carbocycles. The topological polar surface area (TPSA) is 32.7 Å². The summed E-state index contributed by atoms with van der Waals surface area (Å²) in [6.07, 6.45) is 0.689. The molecule has 0 unspecified atom stereocenters. The quantitative estimate of drug-likeness (QED) is 0.707. The largest absolute Gasteiger partial charge is 0.416 e. The number of hydrogen-bond donors (Lipinski definition) is 0. The van der Waals surface area contributed by atoms with E-state index in [4.69, 9.17) is 0 Å². The lowest BCUT2D eigenvalue weighted by atomic mass is 10.1. The number of carbonyl (C=O) groups is 1. The SMILES string of the molecule is CC1=NN(c2cccc(C(F)(F)F)c2)C(=O)/C1=C\C=C/c1ccccc1. The van der Waals surface area contributed by atoms with E-state index in [0.717, 1.165) is 22.7 Å². The van der Waals surface area contributed by atoms with Crippen LogP contribution in [0.3, 0.4) is 0 Å². The maximum Gasteiger partial charge on any atom is 0.416 e. The number of allylic oxidation sites excluding steroid dienone is 2. The summed E-state index contributed by atoms with van der Waals surface area (Å²) in [7, 11) is 0. The molecule has 6 heteroatoms. The summed E-state index contributed by atoms with van der Waals surface area (Å²) >= 11 is 0. The van der Waals surface area contributed by atoms with Gasteiger partial charge in [-0.15, -0.1) is 0 Å². The molecule has 2 aromatic carbocycles. The zero-order valence-electron chi connectivity index (χ0n) is 13.9. The van der Waals surface area contributed by atoms with Crippen molar-refractivity contribution in [2.24, 2.45) is 5.10 Å². The normalized spacial score (nSPS) is 16.6. The summed E-state index contributed by atoms with van der Waals surface area (Å²) in [5.74, 6) is -0.459. The molecule has 0 saturated heterocycles. The van der Waals surface area contributed by atoms with Crippen molar-refractivity contribution in [3.05, 3.63) is 83.4 Å². The molecule has 0 atom stereocenters. The van der Waals surface area contributed by atoms with Crippen LogP contribution in [-0.2, 0) is 11.0 Å². The zero-order chi connectivity index (χ0) is 18.7. The average molecular weight is 356 g/mol. The maximum atomic E-state index is 12.9. The molecule has 3 rings (SSSR count). The van der Waals surface area contributed by atoms with Gasteiger partial charge in [-0.2, -0.15) is 23.3 Å². The van der Waals surface area contributed by atoms with Crippen LogP contribution in [0.1, 0.15) is 18.1 Å². The first-order valence-electron chi connectivity index (χ1n) is 7.87. The van der Waals surface area contributed by atoms with E-state index in [2.05, 4.69) is 5.10 Å². The predicted octanol–water partition coefficient (Wildman–Crippen LogP) is 5.07. The molecule has 0 radical (unpaired) electrons. The minimum Gasteiger partial charge on any atom is -0.267 e. The Morgan fingerprint density at radius 2 is 1.77 bits per heavy atom. The minimum atomic E-state index is -4.48. The van der Waals surface area contributed by atoms with Crippen molar-refractivity contribution in [3.63, 3.8) is 0 Å². The second-order valence-corrected chi connectivity index (χ2v) is 5.70. The molecule has 0 aromatic heterocycles. The van der Waals surface area contributed by atoms with E-state index in [1.165, 1.54) is 12.1 Å². The second kappa shape index (κ2) is 7.00. The summed E-state index contributed by atoms with van der Waals surface area (Å²) in [6, 6.07) is 14.1. The number of nitrogens with zero attached hydrogens (tertiary/aromatic N) is 2.